The molecule has 3 unspecified atom stereocenters. The monoisotopic (exact) mass is 299 g/mol. The third-order valence-electron chi connectivity index (χ3n) is 5.89. The van der Waals surface area contributed by atoms with Gasteiger partial charge >= 0.3 is 5.97 Å². The first-order valence-electron chi connectivity index (χ1n) is 8.82. The molecule has 22 heavy (non-hydrogen) atoms. The second-order valence-electron chi connectivity index (χ2n) is 7.19. The number of rotatable bonds is 4. The largest absolute Gasteiger partial charge is 0.460 e. The summed E-state index contributed by atoms with van der Waals surface area (Å²) in [6.45, 7) is 1.02. The first-order valence-corrected chi connectivity index (χ1v) is 8.82. The number of nitrogens with one attached hydrogen (secondary N) is 1. The quantitative estimate of drug-likeness (QED) is 0.867. The van der Waals surface area contributed by atoms with Crippen molar-refractivity contribution in [1.29, 1.82) is 0 Å². The van der Waals surface area contributed by atoms with Gasteiger partial charge in [-0.1, -0.05) is 43.2 Å². The molecule has 4 atom stereocenters. The average Bonchev–Trinajstić information content (AvgIpc) is 3.28. The molecule has 1 heterocycles. The maximum Gasteiger partial charge on any atom is 0.314 e. The molecule has 3 heteroatoms. The lowest BCUT2D eigenvalue weighted by Gasteiger charge is -2.25. The molecular formula is C19H25NO2. The Bertz CT molecular complexity index is 503. The van der Waals surface area contributed by atoms with Crippen molar-refractivity contribution in [3.63, 3.8) is 0 Å². The predicted molar refractivity (Wildman–Crippen MR) is 85.5 cm³/mol. The van der Waals surface area contributed by atoms with Crippen molar-refractivity contribution < 1.29 is 9.53 Å². The van der Waals surface area contributed by atoms with E-state index in [1.807, 2.05) is 18.2 Å². The Morgan fingerprint density at radius 3 is 2.45 bits per heavy atom. The van der Waals surface area contributed by atoms with Gasteiger partial charge in [0.25, 0.3) is 0 Å². The number of hydrogen-bond donors (Lipinski definition) is 1. The van der Waals surface area contributed by atoms with Crippen LogP contribution in [0.5, 0.6) is 0 Å². The fourth-order valence-electron chi connectivity index (χ4n) is 4.73. The summed E-state index contributed by atoms with van der Waals surface area (Å²) < 4.78 is 6.03. The number of ether oxygens (including phenoxy) is 1. The molecule has 3 fully saturated rings. The highest BCUT2D eigenvalue weighted by Crippen LogP contribution is 2.40. The SMILES string of the molecule is O=C(OC1C2CC[C@@H]1NC2)C(c1ccccc1)C1CCCC1. The van der Waals surface area contributed by atoms with Crippen molar-refractivity contribution in [3.8, 4) is 0 Å². The highest BCUT2D eigenvalue weighted by molar-refractivity contribution is 5.79. The maximum atomic E-state index is 13.0. The Morgan fingerprint density at radius 1 is 1.09 bits per heavy atom. The van der Waals surface area contributed by atoms with E-state index in [4.69, 9.17) is 4.74 Å². The van der Waals surface area contributed by atoms with Crippen LogP contribution >= 0.6 is 0 Å². The second-order valence-corrected chi connectivity index (χ2v) is 7.19. The van der Waals surface area contributed by atoms with E-state index in [0.717, 1.165) is 31.4 Å². The normalized spacial score (nSPS) is 32.3. The lowest BCUT2D eigenvalue weighted by atomic mass is 9.85. The molecule has 0 aromatic heterocycles. The van der Waals surface area contributed by atoms with Crippen molar-refractivity contribution >= 4 is 5.97 Å². The topological polar surface area (TPSA) is 38.3 Å². The molecule has 3 aliphatic rings. The molecule has 1 saturated heterocycles. The molecule has 1 aromatic rings. The molecule has 1 N–H and O–H groups in total. The van der Waals surface area contributed by atoms with Crippen molar-refractivity contribution in [3.05, 3.63) is 35.9 Å². The minimum atomic E-state index is -0.0660. The van der Waals surface area contributed by atoms with Crippen LogP contribution in [0, 0.1) is 11.8 Å². The Morgan fingerprint density at radius 2 is 1.86 bits per heavy atom. The minimum absolute atomic E-state index is 0.0173. The van der Waals surface area contributed by atoms with Crippen LogP contribution in [0.15, 0.2) is 30.3 Å². The number of hydrogen-bond acceptors (Lipinski definition) is 3. The van der Waals surface area contributed by atoms with Gasteiger partial charge in [-0.3, -0.25) is 4.79 Å². The number of esters is 1. The summed E-state index contributed by atoms with van der Waals surface area (Å²) in [5, 5.41) is 3.48. The van der Waals surface area contributed by atoms with Crippen LogP contribution in [0.1, 0.15) is 50.0 Å². The highest BCUT2D eigenvalue weighted by atomic mass is 16.5. The van der Waals surface area contributed by atoms with Crippen LogP contribution in [0.2, 0.25) is 0 Å². The molecule has 0 amide bonds. The molecule has 0 spiro atoms. The lowest BCUT2D eigenvalue weighted by molar-refractivity contribution is -0.153. The molecule has 0 radical (unpaired) electrons. The van der Waals surface area contributed by atoms with Crippen LogP contribution < -0.4 is 5.32 Å². The van der Waals surface area contributed by atoms with Gasteiger partial charge in [-0.05, 0) is 37.2 Å². The van der Waals surface area contributed by atoms with E-state index in [-0.39, 0.29) is 18.0 Å². The van der Waals surface area contributed by atoms with E-state index in [1.54, 1.807) is 0 Å². The first kappa shape index (κ1) is 14.3. The molecule has 2 bridgehead atoms. The van der Waals surface area contributed by atoms with E-state index in [0.29, 0.717) is 17.9 Å². The molecule has 1 aromatic carbocycles. The van der Waals surface area contributed by atoms with Gasteiger partial charge in [0.05, 0.1) is 5.92 Å². The number of fused-ring (bicyclic) bond motifs is 2. The molecular weight excluding hydrogens is 274 g/mol. The van der Waals surface area contributed by atoms with Gasteiger partial charge in [-0.15, -0.1) is 0 Å². The number of benzene rings is 1. The van der Waals surface area contributed by atoms with Gasteiger partial charge in [0.2, 0.25) is 0 Å². The Labute approximate surface area is 132 Å². The van der Waals surface area contributed by atoms with Crippen molar-refractivity contribution in [2.24, 2.45) is 11.8 Å². The van der Waals surface area contributed by atoms with Gasteiger partial charge in [0, 0.05) is 18.5 Å². The Balaban J connectivity index is 1.53. The van der Waals surface area contributed by atoms with Crippen LogP contribution in [-0.4, -0.2) is 24.7 Å². The number of piperidine rings is 1. The minimum Gasteiger partial charge on any atom is -0.460 e. The Kier molecular flexibility index (Phi) is 3.91. The zero-order chi connectivity index (χ0) is 14.9. The van der Waals surface area contributed by atoms with Gasteiger partial charge in [0.15, 0.2) is 0 Å². The van der Waals surface area contributed by atoms with E-state index in [9.17, 15) is 4.79 Å². The summed E-state index contributed by atoms with van der Waals surface area (Å²) in [5.41, 5.74) is 1.14. The summed E-state index contributed by atoms with van der Waals surface area (Å²) >= 11 is 0. The first-order chi connectivity index (χ1) is 10.8. The van der Waals surface area contributed by atoms with E-state index >= 15 is 0 Å². The summed E-state index contributed by atoms with van der Waals surface area (Å²) in [6.07, 6.45) is 7.28. The van der Waals surface area contributed by atoms with E-state index in [2.05, 4.69) is 17.4 Å². The molecule has 2 saturated carbocycles. The Hall–Kier alpha value is -1.35. The summed E-state index contributed by atoms with van der Waals surface area (Å²) in [4.78, 5) is 13.0. The predicted octanol–water partition coefficient (Wildman–Crippen LogP) is 3.25. The van der Waals surface area contributed by atoms with Crippen molar-refractivity contribution in [2.45, 2.75) is 56.6 Å². The molecule has 2 aliphatic carbocycles. The zero-order valence-corrected chi connectivity index (χ0v) is 13.0. The highest BCUT2D eigenvalue weighted by Gasteiger charge is 2.45. The maximum absolute atomic E-state index is 13.0. The van der Waals surface area contributed by atoms with Gasteiger partial charge in [-0.2, -0.15) is 0 Å². The molecule has 3 nitrogen and oxygen atoms in total. The van der Waals surface area contributed by atoms with E-state index < -0.39 is 0 Å². The van der Waals surface area contributed by atoms with E-state index in [1.165, 1.54) is 19.3 Å². The standard InChI is InChI=1S/C19H25NO2/c21-19(22-18-15-10-11-16(18)20-12-15)17(14-8-4-5-9-14)13-6-2-1-3-7-13/h1-3,6-7,14-18,20H,4-5,8-12H2/t15?,16-,17?,18?/m0/s1. The fourth-order valence-corrected chi connectivity index (χ4v) is 4.73. The van der Waals surface area contributed by atoms with Crippen LogP contribution in [0.25, 0.3) is 0 Å². The fraction of sp³-hybridized carbons (Fsp3) is 0.632. The average molecular weight is 299 g/mol. The van der Waals surface area contributed by atoms with Crippen molar-refractivity contribution in [1.82, 2.24) is 5.32 Å². The third kappa shape index (κ3) is 2.56. The van der Waals surface area contributed by atoms with Gasteiger partial charge in [0.1, 0.15) is 6.10 Å². The molecule has 1 aliphatic heterocycles. The van der Waals surface area contributed by atoms with Crippen molar-refractivity contribution in [2.75, 3.05) is 6.54 Å². The second kappa shape index (κ2) is 6.04. The summed E-state index contributed by atoms with van der Waals surface area (Å²) in [5.74, 6) is 0.947. The smallest absolute Gasteiger partial charge is 0.314 e. The van der Waals surface area contributed by atoms with Gasteiger partial charge in [-0.25, -0.2) is 0 Å². The third-order valence-corrected chi connectivity index (χ3v) is 5.89. The molecule has 118 valence electrons. The lowest BCUT2D eigenvalue weighted by Crippen LogP contribution is -2.34. The zero-order valence-electron chi connectivity index (χ0n) is 13.0. The van der Waals surface area contributed by atoms with Gasteiger partial charge < -0.3 is 10.1 Å². The van der Waals surface area contributed by atoms with Crippen LogP contribution in [-0.2, 0) is 9.53 Å². The van der Waals surface area contributed by atoms with Crippen LogP contribution in [0.3, 0.4) is 0 Å². The van der Waals surface area contributed by atoms with Crippen LogP contribution in [0.4, 0.5) is 0 Å². The summed E-state index contributed by atoms with van der Waals surface area (Å²) in [7, 11) is 0. The number of carbonyl (C=O) groups is 1. The summed E-state index contributed by atoms with van der Waals surface area (Å²) in [6, 6.07) is 10.7. The molecule has 4 rings (SSSR count). The number of carbonyl (C=O) groups excluding carboxylic acids is 1.